The minimum atomic E-state index is -0.856. The number of nitrogens with zero attached hydrogens (tertiary/aromatic N) is 2. The molecule has 28 heavy (non-hydrogen) atoms. The van der Waals surface area contributed by atoms with Gasteiger partial charge >= 0.3 is 0 Å². The lowest BCUT2D eigenvalue weighted by Crippen LogP contribution is -2.31. The molecule has 2 aromatic rings. The number of carbonyl (C=O) groups excluding carboxylic acids is 2. The van der Waals surface area contributed by atoms with Crippen molar-refractivity contribution in [2.45, 2.75) is 11.7 Å². The van der Waals surface area contributed by atoms with Crippen molar-refractivity contribution in [2.24, 2.45) is 5.73 Å². The summed E-state index contributed by atoms with van der Waals surface area (Å²) in [5.74, 6) is -0.330. The largest absolute Gasteiger partial charge is 0.497 e. The molecule has 1 heterocycles. The fraction of sp³-hybridized carbons (Fsp3) is 0.150. The first-order valence-electron chi connectivity index (χ1n) is 8.28. The van der Waals surface area contributed by atoms with Crippen molar-refractivity contribution in [3.05, 3.63) is 69.2 Å². The highest BCUT2D eigenvalue weighted by Gasteiger charge is 2.40. The molecule has 142 valence electrons. The molecule has 2 N–H and O–H groups in total. The van der Waals surface area contributed by atoms with E-state index in [9.17, 15) is 14.9 Å². The second-order valence-electron chi connectivity index (χ2n) is 5.96. The Morgan fingerprint density at radius 1 is 1.25 bits per heavy atom. The number of carbonyl (C=O) groups is 2. The van der Waals surface area contributed by atoms with E-state index in [1.165, 1.54) is 16.7 Å². The maximum absolute atomic E-state index is 13.1. The Labute approximate surface area is 175 Å². The lowest BCUT2D eigenvalue weighted by molar-refractivity contribution is -0.117. The number of anilines is 1. The molecule has 1 fully saturated rings. The van der Waals surface area contributed by atoms with Crippen molar-refractivity contribution in [1.82, 2.24) is 0 Å². The van der Waals surface area contributed by atoms with E-state index in [0.29, 0.717) is 12.1 Å². The normalized spacial score (nSPS) is 18.0. The number of nitriles is 1. The Morgan fingerprint density at radius 3 is 2.43 bits per heavy atom. The molecule has 3 rings (SSSR count). The zero-order valence-electron chi connectivity index (χ0n) is 14.9. The molecular formula is C20H16BrN3O3S. The number of rotatable bonds is 5. The molecule has 1 atom stereocenters. The quantitative estimate of drug-likeness (QED) is 0.548. The zero-order chi connectivity index (χ0) is 20.3. The number of halogens is 1. The van der Waals surface area contributed by atoms with Crippen molar-refractivity contribution in [1.29, 1.82) is 5.26 Å². The SMILES string of the molecule is COc1ccc(C[C@H]2S/C(=C(\C#N)C(N)=O)N(c3ccc(Br)cc3)C2=O)cc1. The Hall–Kier alpha value is -2.76. The molecule has 0 spiro atoms. The lowest BCUT2D eigenvalue weighted by Gasteiger charge is -2.18. The molecule has 0 radical (unpaired) electrons. The highest BCUT2D eigenvalue weighted by Crippen LogP contribution is 2.42. The van der Waals surface area contributed by atoms with Gasteiger partial charge in [0.25, 0.3) is 5.91 Å². The van der Waals surface area contributed by atoms with Crippen LogP contribution in [0.1, 0.15) is 5.56 Å². The second kappa shape index (κ2) is 8.50. The van der Waals surface area contributed by atoms with Crippen LogP contribution in [0.25, 0.3) is 0 Å². The number of amides is 2. The van der Waals surface area contributed by atoms with Gasteiger partial charge in [0.15, 0.2) is 0 Å². The molecule has 0 unspecified atom stereocenters. The third-order valence-electron chi connectivity index (χ3n) is 4.19. The Morgan fingerprint density at radius 2 is 1.89 bits per heavy atom. The van der Waals surface area contributed by atoms with E-state index < -0.39 is 11.2 Å². The third-order valence-corrected chi connectivity index (χ3v) is 5.98. The predicted octanol–water partition coefficient (Wildman–Crippen LogP) is 3.37. The minimum Gasteiger partial charge on any atom is -0.497 e. The summed E-state index contributed by atoms with van der Waals surface area (Å²) in [4.78, 5) is 26.3. The number of benzene rings is 2. The van der Waals surface area contributed by atoms with Crippen molar-refractivity contribution in [3.8, 4) is 11.8 Å². The topological polar surface area (TPSA) is 96.4 Å². The molecule has 0 aromatic heterocycles. The van der Waals surface area contributed by atoms with Gasteiger partial charge in [0, 0.05) is 10.2 Å². The molecule has 2 aromatic carbocycles. The fourth-order valence-electron chi connectivity index (χ4n) is 2.80. The number of thioether (sulfide) groups is 1. The molecule has 1 aliphatic rings. The number of primary amides is 1. The van der Waals surface area contributed by atoms with Crippen LogP contribution in [0.5, 0.6) is 5.75 Å². The van der Waals surface area contributed by atoms with Crippen LogP contribution < -0.4 is 15.4 Å². The van der Waals surface area contributed by atoms with E-state index in [1.807, 2.05) is 30.3 Å². The highest BCUT2D eigenvalue weighted by atomic mass is 79.9. The van der Waals surface area contributed by atoms with Crippen molar-refractivity contribution < 1.29 is 14.3 Å². The smallest absolute Gasteiger partial charge is 0.262 e. The average Bonchev–Trinajstić information content (AvgIpc) is 2.99. The second-order valence-corrected chi connectivity index (χ2v) is 8.07. The number of hydrogen-bond acceptors (Lipinski definition) is 5. The van der Waals surface area contributed by atoms with Crippen LogP contribution in [0.15, 0.2) is 63.6 Å². The van der Waals surface area contributed by atoms with Gasteiger partial charge in [-0.2, -0.15) is 5.26 Å². The molecule has 1 saturated heterocycles. The Kier molecular flexibility index (Phi) is 6.07. The predicted molar refractivity (Wildman–Crippen MR) is 112 cm³/mol. The van der Waals surface area contributed by atoms with Gasteiger partial charge in [-0.05, 0) is 48.4 Å². The average molecular weight is 458 g/mol. The number of hydrogen-bond donors (Lipinski definition) is 1. The van der Waals surface area contributed by atoms with Gasteiger partial charge in [0.2, 0.25) is 5.91 Å². The standard InChI is InChI=1S/C20H16BrN3O3S/c1-27-15-8-2-12(3-9-15)10-17-19(26)24(14-6-4-13(21)5-7-14)20(28-17)16(11-22)18(23)25/h2-9,17H,10H2,1H3,(H2,23,25)/b20-16+/t17-/m1/s1. The first-order chi connectivity index (χ1) is 13.4. The molecule has 0 saturated carbocycles. The summed E-state index contributed by atoms with van der Waals surface area (Å²) in [6.45, 7) is 0. The summed E-state index contributed by atoms with van der Waals surface area (Å²) in [6.07, 6.45) is 0.446. The van der Waals surface area contributed by atoms with Crippen LogP contribution in [0.3, 0.4) is 0 Å². The van der Waals surface area contributed by atoms with Crippen LogP contribution in [0, 0.1) is 11.3 Å². The third kappa shape index (κ3) is 4.06. The fourth-order valence-corrected chi connectivity index (χ4v) is 4.38. The maximum Gasteiger partial charge on any atom is 0.262 e. The summed E-state index contributed by atoms with van der Waals surface area (Å²) >= 11 is 4.54. The van der Waals surface area contributed by atoms with E-state index in [-0.39, 0.29) is 16.5 Å². The molecule has 1 aliphatic heterocycles. The molecule has 0 bridgehead atoms. The van der Waals surface area contributed by atoms with E-state index in [1.54, 1.807) is 31.4 Å². The van der Waals surface area contributed by atoms with E-state index in [4.69, 9.17) is 10.5 Å². The van der Waals surface area contributed by atoms with Gasteiger partial charge in [-0.15, -0.1) is 0 Å². The number of methoxy groups -OCH3 is 1. The van der Waals surface area contributed by atoms with Crippen molar-refractivity contribution in [2.75, 3.05) is 12.0 Å². The lowest BCUT2D eigenvalue weighted by atomic mass is 10.1. The summed E-state index contributed by atoms with van der Waals surface area (Å²) in [6, 6.07) is 16.3. The summed E-state index contributed by atoms with van der Waals surface area (Å²) in [5.41, 5.74) is 6.67. The van der Waals surface area contributed by atoms with Crippen LogP contribution in [-0.4, -0.2) is 24.2 Å². The van der Waals surface area contributed by atoms with Gasteiger partial charge in [-0.25, -0.2) is 0 Å². The first kappa shape index (κ1) is 20.0. The molecule has 6 nitrogen and oxygen atoms in total. The molecule has 0 aliphatic carbocycles. The van der Waals surface area contributed by atoms with E-state index in [0.717, 1.165) is 15.8 Å². The molecule has 8 heteroatoms. The van der Waals surface area contributed by atoms with Crippen LogP contribution in [0.2, 0.25) is 0 Å². The zero-order valence-corrected chi connectivity index (χ0v) is 17.3. The van der Waals surface area contributed by atoms with Gasteiger partial charge in [-0.1, -0.05) is 39.8 Å². The minimum absolute atomic E-state index is 0.202. The summed E-state index contributed by atoms with van der Waals surface area (Å²) < 4.78 is 6.01. The van der Waals surface area contributed by atoms with Gasteiger partial charge in [0.1, 0.15) is 22.4 Å². The van der Waals surface area contributed by atoms with Crippen LogP contribution >= 0.6 is 27.7 Å². The van der Waals surface area contributed by atoms with Gasteiger partial charge in [-0.3, -0.25) is 14.5 Å². The Balaban J connectivity index is 1.98. The van der Waals surface area contributed by atoms with Gasteiger partial charge in [0.05, 0.1) is 12.4 Å². The van der Waals surface area contributed by atoms with Crippen molar-refractivity contribution >= 4 is 45.2 Å². The monoisotopic (exact) mass is 457 g/mol. The highest BCUT2D eigenvalue weighted by molar-refractivity contribution is 9.10. The Bertz CT molecular complexity index is 981. The van der Waals surface area contributed by atoms with Crippen molar-refractivity contribution in [3.63, 3.8) is 0 Å². The van der Waals surface area contributed by atoms with E-state index in [2.05, 4.69) is 15.9 Å². The summed E-state index contributed by atoms with van der Waals surface area (Å²) in [7, 11) is 1.59. The molecular weight excluding hydrogens is 442 g/mol. The number of nitrogens with two attached hydrogens (primary N) is 1. The summed E-state index contributed by atoms with van der Waals surface area (Å²) in [5, 5.41) is 9.19. The van der Waals surface area contributed by atoms with E-state index >= 15 is 0 Å². The first-order valence-corrected chi connectivity index (χ1v) is 9.95. The number of ether oxygens (including phenoxy) is 1. The van der Waals surface area contributed by atoms with Crippen LogP contribution in [-0.2, 0) is 16.0 Å². The van der Waals surface area contributed by atoms with Crippen LogP contribution in [0.4, 0.5) is 5.69 Å². The maximum atomic E-state index is 13.1. The van der Waals surface area contributed by atoms with Gasteiger partial charge < -0.3 is 10.5 Å². The molecule has 2 amide bonds.